The van der Waals surface area contributed by atoms with Crippen LogP contribution in [0, 0.1) is 6.92 Å². The number of sulfonamides is 1. The van der Waals surface area contributed by atoms with E-state index in [-0.39, 0.29) is 16.1 Å². The van der Waals surface area contributed by atoms with Gasteiger partial charge >= 0.3 is 5.97 Å². The smallest absolute Gasteiger partial charge is 0.337 e. The van der Waals surface area contributed by atoms with Gasteiger partial charge in [0, 0.05) is 25.8 Å². The molecular formula is C19H26N4O4S. The van der Waals surface area contributed by atoms with Crippen LogP contribution in [0.5, 0.6) is 0 Å². The highest BCUT2D eigenvalue weighted by atomic mass is 32.2. The average Bonchev–Trinajstić information content (AvgIpc) is 2.62. The zero-order valence-corrected chi connectivity index (χ0v) is 17.3. The van der Waals surface area contributed by atoms with Crippen LogP contribution in [-0.2, 0) is 10.0 Å². The van der Waals surface area contributed by atoms with Gasteiger partial charge in [-0.1, -0.05) is 17.7 Å². The Labute approximate surface area is 165 Å². The van der Waals surface area contributed by atoms with E-state index in [1.165, 1.54) is 24.4 Å². The summed E-state index contributed by atoms with van der Waals surface area (Å²) in [7, 11) is -0.00751. The van der Waals surface area contributed by atoms with E-state index in [9.17, 15) is 18.3 Å². The largest absolute Gasteiger partial charge is 0.478 e. The van der Waals surface area contributed by atoms with Crippen LogP contribution in [0.15, 0.2) is 41.4 Å². The standard InChI is InChI=1S/C19H26N4O4S/c1-5-23(11-10-22(3)4)18-17(12-15(13-20-18)19(24)25)21-28(26,27)16-8-6-14(2)7-9-16/h6-9,12-13,21H,5,10-11H2,1-4H3,(H,24,25). The Bertz CT molecular complexity index is 927. The minimum Gasteiger partial charge on any atom is -0.478 e. The van der Waals surface area contributed by atoms with Crippen molar-refractivity contribution < 1.29 is 18.3 Å². The lowest BCUT2D eigenvalue weighted by Gasteiger charge is -2.26. The van der Waals surface area contributed by atoms with E-state index in [1.807, 2.05) is 37.7 Å². The highest BCUT2D eigenvalue weighted by molar-refractivity contribution is 7.92. The molecule has 2 rings (SSSR count). The molecule has 0 unspecified atom stereocenters. The van der Waals surface area contributed by atoms with Gasteiger partial charge in [-0.2, -0.15) is 0 Å². The number of aromatic nitrogens is 1. The first-order valence-corrected chi connectivity index (χ1v) is 10.3. The predicted octanol–water partition coefficient (Wildman–Crippen LogP) is 2.28. The minimum absolute atomic E-state index is 0.0889. The number of nitrogens with zero attached hydrogens (tertiary/aromatic N) is 3. The lowest BCUT2D eigenvalue weighted by molar-refractivity contribution is 0.0696. The van der Waals surface area contributed by atoms with E-state index >= 15 is 0 Å². The van der Waals surface area contributed by atoms with Gasteiger partial charge in [0.2, 0.25) is 0 Å². The van der Waals surface area contributed by atoms with Crippen LogP contribution >= 0.6 is 0 Å². The third-order valence-corrected chi connectivity index (χ3v) is 5.57. The molecule has 0 spiro atoms. The van der Waals surface area contributed by atoms with Gasteiger partial charge in [0.05, 0.1) is 16.1 Å². The van der Waals surface area contributed by atoms with Gasteiger partial charge in [-0.05, 0) is 46.1 Å². The van der Waals surface area contributed by atoms with Gasteiger partial charge < -0.3 is 14.9 Å². The van der Waals surface area contributed by atoms with E-state index in [1.54, 1.807) is 12.1 Å². The van der Waals surface area contributed by atoms with Crippen molar-refractivity contribution in [2.45, 2.75) is 18.7 Å². The molecular weight excluding hydrogens is 380 g/mol. The molecule has 1 aromatic heterocycles. The van der Waals surface area contributed by atoms with Crippen LogP contribution < -0.4 is 9.62 Å². The molecule has 1 heterocycles. The van der Waals surface area contributed by atoms with Crippen molar-refractivity contribution in [2.75, 3.05) is 43.4 Å². The summed E-state index contributed by atoms with van der Waals surface area (Å²) < 4.78 is 28.1. The summed E-state index contributed by atoms with van der Waals surface area (Å²) in [6.07, 6.45) is 1.24. The summed E-state index contributed by atoms with van der Waals surface area (Å²) in [6, 6.07) is 7.73. The molecule has 2 aromatic rings. The van der Waals surface area contributed by atoms with Crippen LogP contribution in [0.3, 0.4) is 0 Å². The number of aryl methyl sites for hydroxylation is 1. The maximum absolute atomic E-state index is 12.8. The van der Waals surface area contributed by atoms with E-state index in [2.05, 4.69) is 9.71 Å². The molecule has 0 aliphatic carbocycles. The van der Waals surface area contributed by atoms with Crippen molar-refractivity contribution in [3.05, 3.63) is 47.7 Å². The van der Waals surface area contributed by atoms with E-state index in [0.717, 1.165) is 12.1 Å². The van der Waals surface area contributed by atoms with Crippen molar-refractivity contribution in [3.63, 3.8) is 0 Å². The van der Waals surface area contributed by atoms with Gasteiger partial charge in [0.25, 0.3) is 10.0 Å². The second-order valence-corrected chi connectivity index (χ2v) is 8.38. The molecule has 152 valence electrons. The van der Waals surface area contributed by atoms with E-state index in [4.69, 9.17) is 0 Å². The Morgan fingerprint density at radius 3 is 2.36 bits per heavy atom. The molecule has 0 saturated heterocycles. The zero-order valence-electron chi connectivity index (χ0n) is 16.5. The van der Waals surface area contributed by atoms with Gasteiger partial charge in [-0.25, -0.2) is 18.2 Å². The molecule has 0 radical (unpaired) electrons. The molecule has 0 saturated carbocycles. The summed E-state index contributed by atoms with van der Waals surface area (Å²) in [5.41, 5.74) is 0.991. The SMILES string of the molecule is CCN(CCN(C)C)c1ncc(C(=O)O)cc1NS(=O)(=O)c1ccc(C)cc1. The van der Waals surface area contributed by atoms with Gasteiger partial charge in [-0.15, -0.1) is 0 Å². The third-order valence-electron chi connectivity index (χ3n) is 4.19. The first-order valence-electron chi connectivity index (χ1n) is 8.86. The number of anilines is 2. The summed E-state index contributed by atoms with van der Waals surface area (Å²) in [5.74, 6) is -0.781. The Kier molecular flexibility index (Phi) is 6.98. The molecule has 2 N–H and O–H groups in total. The molecule has 1 aromatic carbocycles. The number of aromatic carboxylic acids is 1. The number of benzene rings is 1. The first-order chi connectivity index (χ1) is 13.1. The molecule has 0 fully saturated rings. The number of rotatable bonds is 9. The lowest BCUT2D eigenvalue weighted by atomic mass is 10.2. The summed E-state index contributed by atoms with van der Waals surface area (Å²) in [4.78, 5) is 19.6. The number of pyridine rings is 1. The second kappa shape index (κ2) is 9.03. The molecule has 28 heavy (non-hydrogen) atoms. The van der Waals surface area contributed by atoms with Gasteiger partial charge in [-0.3, -0.25) is 4.72 Å². The Hall–Kier alpha value is -2.65. The number of hydrogen-bond acceptors (Lipinski definition) is 6. The van der Waals surface area contributed by atoms with Crippen LogP contribution in [-0.4, -0.2) is 63.1 Å². The highest BCUT2D eigenvalue weighted by Crippen LogP contribution is 2.27. The van der Waals surface area contributed by atoms with Crippen molar-refractivity contribution >= 4 is 27.5 Å². The first kappa shape index (κ1) is 21.6. The Morgan fingerprint density at radius 1 is 1.18 bits per heavy atom. The fourth-order valence-corrected chi connectivity index (χ4v) is 3.61. The monoisotopic (exact) mass is 406 g/mol. The molecule has 0 aliphatic rings. The fraction of sp³-hybridized carbons (Fsp3) is 0.368. The Morgan fingerprint density at radius 2 is 1.82 bits per heavy atom. The van der Waals surface area contributed by atoms with Crippen LogP contribution in [0.25, 0.3) is 0 Å². The summed E-state index contributed by atoms with van der Waals surface area (Å²) in [5, 5.41) is 9.28. The number of carboxylic acid groups (broad SMARTS) is 1. The molecule has 8 nitrogen and oxygen atoms in total. The Balaban J connectivity index is 2.45. The lowest BCUT2D eigenvalue weighted by Crippen LogP contribution is -2.33. The molecule has 9 heteroatoms. The number of carboxylic acids is 1. The van der Waals surface area contributed by atoms with Crippen molar-refractivity contribution in [2.24, 2.45) is 0 Å². The van der Waals surface area contributed by atoms with Gasteiger partial charge in [0.15, 0.2) is 5.82 Å². The fourth-order valence-electron chi connectivity index (χ4n) is 2.56. The van der Waals surface area contributed by atoms with Crippen LogP contribution in [0.4, 0.5) is 11.5 Å². The third kappa shape index (κ3) is 5.43. The molecule has 0 amide bonds. The maximum atomic E-state index is 12.8. The van der Waals surface area contributed by atoms with Crippen molar-refractivity contribution in [3.8, 4) is 0 Å². The molecule has 0 bridgehead atoms. The van der Waals surface area contributed by atoms with Gasteiger partial charge in [0.1, 0.15) is 0 Å². The van der Waals surface area contributed by atoms with Crippen molar-refractivity contribution in [1.29, 1.82) is 0 Å². The molecule has 0 aliphatic heterocycles. The molecule has 0 atom stereocenters. The average molecular weight is 407 g/mol. The topological polar surface area (TPSA) is 103 Å². The number of likely N-dealkylation sites (N-methyl/N-ethyl adjacent to an activating group) is 2. The zero-order chi connectivity index (χ0) is 20.9. The number of nitrogens with one attached hydrogen (secondary N) is 1. The quantitative estimate of drug-likeness (QED) is 0.658. The number of hydrogen-bond donors (Lipinski definition) is 2. The number of carbonyl (C=O) groups is 1. The predicted molar refractivity (Wildman–Crippen MR) is 110 cm³/mol. The van der Waals surface area contributed by atoms with Crippen LogP contribution in [0.2, 0.25) is 0 Å². The summed E-state index contributed by atoms with van der Waals surface area (Å²) in [6.45, 7) is 5.74. The van der Waals surface area contributed by atoms with Crippen molar-refractivity contribution in [1.82, 2.24) is 9.88 Å². The maximum Gasteiger partial charge on any atom is 0.337 e. The van der Waals surface area contributed by atoms with E-state index in [0.29, 0.717) is 18.9 Å². The second-order valence-electron chi connectivity index (χ2n) is 6.70. The minimum atomic E-state index is -3.89. The summed E-state index contributed by atoms with van der Waals surface area (Å²) >= 11 is 0. The van der Waals surface area contributed by atoms with Crippen LogP contribution in [0.1, 0.15) is 22.8 Å². The van der Waals surface area contributed by atoms with E-state index < -0.39 is 16.0 Å². The highest BCUT2D eigenvalue weighted by Gasteiger charge is 2.21. The normalized spacial score (nSPS) is 11.5.